The second kappa shape index (κ2) is 7.51. The highest BCUT2D eigenvalue weighted by Gasteiger charge is 2.10. The first-order chi connectivity index (χ1) is 13.7. The topological polar surface area (TPSA) is 86.0 Å². The fourth-order valence-electron chi connectivity index (χ4n) is 3.17. The first-order valence-electron chi connectivity index (χ1n) is 9.04. The largest absolute Gasteiger partial charge is 0.305 e. The predicted molar refractivity (Wildman–Crippen MR) is 108 cm³/mol. The van der Waals surface area contributed by atoms with Crippen LogP contribution in [-0.2, 0) is 6.54 Å². The van der Waals surface area contributed by atoms with Crippen molar-refractivity contribution in [3.63, 3.8) is 0 Å². The van der Waals surface area contributed by atoms with Gasteiger partial charge in [0.2, 0.25) is 0 Å². The molecule has 0 spiro atoms. The number of H-pyrrole nitrogens is 1. The SMILES string of the molecule is CC(NCc1cc(=O)n2[nH]cc(C#N)c2n1)c1ccc(-c2ccccc2)cc1. The lowest BCUT2D eigenvalue weighted by molar-refractivity contribution is 0.567. The van der Waals surface area contributed by atoms with Crippen molar-refractivity contribution in [2.75, 3.05) is 0 Å². The highest BCUT2D eigenvalue weighted by Crippen LogP contribution is 2.21. The van der Waals surface area contributed by atoms with Crippen molar-refractivity contribution in [1.29, 1.82) is 5.26 Å². The third kappa shape index (κ3) is 3.43. The molecule has 138 valence electrons. The Morgan fingerprint density at radius 3 is 2.57 bits per heavy atom. The van der Waals surface area contributed by atoms with Crippen molar-refractivity contribution in [3.05, 3.63) is 94.0 Å². The molecule has 0 amide bonds. The highest BCUT2D eigenvalue weighted by atomic mass is 16.1. The van der Waals surface area contributed by atoms with Gasteiger partial charge in [-0.15, -0.1) is 0 Å². The lowest BCUT2D eigenvalue weighted by Gasteiger charge is -2.14. The Morgan fingerprint density at radius 2 is 1.86 bits per heavy atom. The Labute approximate surface area is 162 Å². The Balaban J connectivity index is 1.48. The first kappa shape index (κ1) is 17.7. The lowest BCUT2D eigenvalue weighted by Crippen LogP contribution is -2.22. The fraction of sp³-hybridized carbons (Fsp3) is 0.136. The van der Waals surface area contributed by atoms with Crippen LogP contribution in [0.4, 0.5) is 0 Å². The van der Waals surface area contributed by atoms with Gasteiger partial charge in [-0.1, -0.05) is 54.6 Å². The zero-order valence-corrected chi connectivity index (χ0v) is 15.4. The van der Waals surface area contributed by atoms with Crippen molar-refractivity contribution < 1.29 is 0 Å². The Kier molecular flexibility index (Phi) is 4.75. The number of nitrogens with one attached hydrogen (secondary N) is 2. The van der Waals surface area contributed by atoms with E-state index in [0.29, 0.717) is 23.4 Å². The van der Waals surface area contributed by atoms with E-state index >= 15 is 0 Å². The normalized spacial score (nSPS) is 12.0. The van der Waals surface area contributed by atoms with Crippen LogP contribution >= 0.6 is 0 Å². The van der Waals surface area contributed by atoms with Crippen LogP contribution in [-0.4, -0.2) is 14.6 Å². The van der Waals surface area contributed by atoms with Crippen LogP contribution in [0.15, 0.2) is 71.7 Å². The van der Waals surface area contributed by atoms with E-state index in [1.54, 1.807) is 0 Å². The summed E-state index contributed by atoms with van der Waals surface area (Å²) in [5.74, 6) is 0. The van der Waals surface area contributed by atoms with E-state index in [0.717, 1.165) is 5.56 Å². The fourth-order valence-corrected chi connectivity index (χ4v) is 3.17. The van der Waals surface area contributed by atoms with Gasteiger partial charge in [0, 0.05) is 24.8 Å². The summed E-state index contributed by atoms with van der Waals surface area (Å²) >= 11 is 0. The van der Waals surface area contributed by atoms with E-state index in [1.165, 1.54) is 27.9 Å². The van der Waals surface area contributed by atoms with Gasteiger partial charge in [0.05, 0.1) is 5.69 Å². The molecule has 4 rings (SSSR count). The molecule has 1 unspecified atom stereocenters. The van der Waals surface area contributed by atoms with Gasteiger partial charge >= 0.3 is 0 Å². The maximum absolute atomic E-state index is 12.2. The molecule has 1 atom stereocenters. The molecule has 2 aromatic carbocycles. The van der Waals surface area contributed by atoms with Gasteiger partial charge < -0.3 is 5.32 Å². The molecule has 6 heteroatoms. The molecule has 0 aliphatic rings. The molecule has 0 aliphatic carbocycles. The molecule has 0 saturated carbocycles. The standard InChI is InChI=1S/C22H19N5O/c1-15(16-7-9-18(10-8-16)17-5-3-2-4-6-17)24-14-20-11-21(28)27-22(26-20)19(12-23)13-25-27/h2-11,13,15,24-25H,14H2,1H3. The molecule has 0 aliphatic heterocycles. The zero-order chi connectivity index (χ0) is 19.5. The molecule has 4 aromatic rings. The molecule has 6 nitrogen and oxygen atoms in total. The van der Waals surface area contributed by atoms with Crippen LogP contribution in [0.25, 0.3) is 16.8 Å². The van der Waals surface area contributed by atoms with Crippen LogP contribution in [0.3, 0.4) is 0 Å². The average Bonchev–Trinajstić information content (AvgIpc) is 3.16. The second-order valence-corrected chi connectivity index (χ2v) is 6.63. The van der Waals surface area contributed by atoms with Crippen LogP contribution in [0.5, 0.6) is 0 Å². The number of aromatic amines is 1. The van der Waals surface area contributed by atoms with Crippen molar-refractivity contribution in [3.8, 4) is 17.2 Å². The van der Waals surface area contributed by atoms with Crippen molar-refractivity contribution in [1.82, 2.24) is 19.9 Å². The molecular weight excluding hydrogens is 350 g/mol. The number of rotatable bonds is 5. The molecule has 0 saturated heterocycles. The minimum Gasteiger partial charge on any atom is -0.305 e. The molecule has 28 heavy (non-hydrogen) atoms. The monoisotopic (exact) mass is 369 g/mol. The van der Waals surface area contributed by atoms with E-state index in [-0.39, 0.29) is 11.6 Å². The predicted octanol–water partition coefficient (Wildman–Crippen LogP) is 3.41. The number of nitriles is 1. The van der Waals surface area contributed by atoms with Crippen molar-refractivity contribution in [2.45, 2.75) is 19.5 Å². The minimum absolute atomic E-state index is 0.0896. The number of fused-ring (bicyclic) bond motifs is 1. The quantitative estimate of drug-likeness (QED) is 0.564. The van der Waals surface area contributed by atoms with Crippen LogP contribution in [0.2, 0.25) is 0 Å². The van der Waals surface area contributed by atoms with Gasteiger partial charge in [-0.05, 0) is 23.6 Å². The summed E-state index contributed by atoms with van der Waals surface area (Å²) < 4.78 is 1.27. The van der Waals surface area contributed by atoms with Crippen LogP contribution in [0, 0.1) is 11.3 Å². The summed E-state index contributed by atoms with van der Waals surface area (Å²) in [6.45, 7) is 2.50. The lowest BCUT2D eigenvalue weighted by atomic mass is 10.0. The maximum atomic E-state index is 12.2. The van der Waals surface area contributed by atoms with E-state index in [1.807, 2.05) is 24.3 Å². The molecule has 2 aromatic heterocycles. The molecule has 2 heterocycles. The molecular formula is C22H19N5O. The van der Waals surface area contributed by atoms with Gasteiger partial charge in [-0.25, -0.2) is 9.50 Å². The van der Waals surface area contributed by atoms with Gasteiger partial charge in [0.25, 0.3) is 5.56 Å². The highest BCUT2D eigenvalue weighted by molar-refractivity contribution is 5.63. The number of hydrogen-bond acceptors (Lipinski definition) is 4. The summed E-state index contributed by atoms with van der Waals surface area (Å²) in [5.41, 5.74) is 4.59. The van der Waals surface area contributed by atoms with E-state index in [4.69, 9.17) is 5.26 Å². The molecule has 0 fully saturated rings. The van der Waals surface area contributed by atoms with Crippen molar-refractivity contribution in [2.24, 2.45) is 0 Å². The Bertz CT molecular complexity index is 1200. The third-order valence-electron chi connectivity index (χ3n) is 4.78. The molecule has 0 bridgehead atoms. The Morgan fingerprint density at radius 1 is 1.14 bits per heavy atom. The van der Waals surface area contributed by atoms with Crippen molar-refractivity contribution >= 4 is 5.65 Å². The molecule has 0 radical (unpaired) electrons. The third-order valence-corrected chi connectivity index (χ3v) is 4.78. The maximum Gasteiger partial charge on any atom is 0.272 e. The zero-order valence-electron chi connectivity index (χ0n) is 15.4. The van der Waals surface area contributed by atoms with E-state index < -0.39 is 0 Å². The molecule has 2 N–H and O–H groups in total. The smallest absolute Gasteiger partial charge is 0.272 e. The minimum atomic E-state index is -0.233. The van der Waals surface area contributed by atoms with Gasteiger partial charge in [-0.2, -0.15) is 5.26 Å². The van der Waals surface area contributed by atoms with Gasteiger partial charge in [0.1, 0.15) is 11.6 Å². The summed E-state index contributed by atoms with van der Waals surface area (Å²) in [5, 5.41) is 15.3. The summed E-state index contributed by atoms with van der Waals surface area (Å²) in [6.07, 6.45) is 1.48. The van der Waals surface area contributed by atoms with Crippen LogP contribution in [0.1, 0.15) is 29.8 Å². The van der Waals surface area contributed by atoms with E-state index in [9.17, 15) is 4.79 Å². The Hall–Kier alpha value is -3.69. The number of nitrogens with zero attached hydrogens (tertiary/aromatic N) is 3. The second-order valence-electron chi connectivity index (χ2n) is 6.63. The van der Waals surface area contributed by atoms with Gasteiger partial charge in [-0.3, -0.25) is 9.89 Å². The number of hydrogen-bond donors (Lipinski definition) is 2. The van der Waals surface area contributed by atoms with E-state index in [2.05, 4.69) is 58.7 Å². The van der Waals surface area contributed by atoms with Crippen LogP contribution < -0.4 is 10.9 Å². The average molecular weight is 369 g/mol. The van der Waals surface area contributed by atoms with Gasteiger partial charge in [0.15, 0.2) is 5.65 Å². The summed E-state index contributed by atoms with van der Waals surface area (Å²) in [4.78, 5) is 16.6. The number of benzene rings is 2. The summed E-state index contributed by atoms with van der Waals surface area (Å²) in [7, 11) is 0. The summed E-state index contributed by atoms with van der Waals surface area (Å²) in [6, 6.07) is 22.3. The first-order valence-corrected chi connectivity index (χ1v) is 9.04. The number of aromatic nitrogens is 3.